The number of hydrogen-bond acceptors (Lipinski definition) is 1. The minimum absolute atomic E-state index is 0.178. The molecule has 20 heavy (non-hydrogen) atoms. The molecule has 0 saturated heterocycles. The molecule has 1 unspecified atom stereocenters. The van der Waals surface area contributed by atoms with Crippen molar-refractivity contribution in [3.63, 3.8) is 0 Å². The summed E-state index contributed by atoms with van der Waals surface area (Å²) in [7, 11) is 0. The van der Waals surface area contributed by atoms with E-state index in [1.54, 1.807) is 0 Å². The van der Waals surface area contributed by atoms with E-state index in [1.165, 1.54) is 24.0 Å². The van der Waals surface area contributed by atoms with Gasteiger partial charge in [-0.1, -0.05) is 54.6 Å². The molecular formula is C18H18O2. The summed E-state index contributed by atoms with van der Waals surface area (Å²) in [5.74, 6) is 0.0417. The van der Waals surface area contributed by atoms with Gasteiger partial charge in [-0.3, -0.25) is 4.79 Å². The Morgan fingerprint density at radius 2 is 1.60 bits per heavy atom. The SMILES string of the molecule is O=C(O)CC(c1ccc(-c2ccccc2)cc1)C1CC1. The van der Waals surface area contributed by atoms with Gasteiger partial charge in [-0.2, -0.15) is 0 Å². The molecule has 1 aliphatic carbocycles. The summed E-state index contributed by atoms with van der Waals surface area (Å²) in [6.45, 7) is 0. The van der Waals surface area contributed by atoms with E-state index in [0.29, 0.717) is 5.92 Å². The van der Waals surface area contributed by atoms with Crippen LogP contribution in [0.1, 0.15) is 30.7 Å². The van der Waals surface area contributed by atoms with Gasteiger partial charge in [0.25, 0.3) is 0 Å². The topological polar surface area (TPSA) is 37.3 Å². The van der Waals surface area contributed by atoms with Crippen molar-refractivity contribution >= 4 is 5.97 Å². The highest BCUT2D eigenvalue weighted by molar-refractivity contribution is 5.68. The van der Waals surface area contributed by atoms with Gasteiger partial charge < -0.3 is 5.11 Å². The van der Waals surface area contributed by atoms with Crippen molar-refractivity contribution in [1.82, 2.24) is 0 Å². The van der Waals surface area contributed by atoms with Gasteiger partial charge in [0.15, 0.2) is 0 Å². The average molecular weight is 266 g/mol. The van der Waals surface area contributed by atoms with Crippen LogP contribution in [0, 0.1) is 5.92 Å². The van der Waals surface area contributed by atoms with E-state index in [2.05, 4.69) is 36.4 Å². The predicted octanol–water partition coefficient (Wildman–Crippen LogP) is 4.32. The summed E-state index contributed by atoms with van der Waals surface area (Å²) in [6, 6.07) is 18.6. The quantitative estimate of drug-likeness (QED) is 0.875. The number of aliphatic carboxylic acids is 1. The molecule has 0 aliphatic heterocycles. The summed E-state index contributed by atoms with van der Waals surface area (Å²) in [6.07, 6.45) is 2.58. The van der Waals surface area contributed by atoms with E-state index in [1.807, 2.05) is 18.2 Å². The highest BCUT2D eigenvalue weighted by atomic mass is 16.4. The van der Waals surface area contributed by atoms with Crippen molar-refractivity contribution in [3.05, 3.63) is 60.2 Å². The molecule has 0 spiro atoms. The lowest BCUT2D eigenvalue weighted by Crippen LogP contribution is -2.08. The van der Waals surface area contributed by atoms with E-state index in [4.69, 9.17) is 5.11 Å². The first-order chi connectivity index (χ1) is 9.74. The Kier molecular flexibility index (Phi) is 3.55. The molecule has 102 valence electrons. The maximum absolute atomic E-state index is 11.0. The van der Waals surface area contributed by atoms with Gasteiger partial charge in [-0.25, -0.2) is 0 Å². The van der Waals surface area contributed by atoms with E-state index in [-0.39, 0.29) is 12.3 Å². The molecule has 0 amide bonds. The molecule has 0 aromatic heterocycles. The van der Waals surface area contributed by atoms with Crippen LogP contribution >= 0.6 is 0 Å². The smallest absolute Gasteiger partial charge is 0.303 e. The van der Waals surface area contributed by atoms with Gasteiger partial charge in [0.05, 0.1) is 6.42 Å². The van der Waals surface area contributed by atoms with Crippen LogP contribution in [0.3, 0.4) is 0 Å². The zero-order valence-electron chi connectivity index (χ0n) is 11.3. The molecule has 1 atom stereocenters. The van der Waals surface area contributed by atoms with Crippen molar-refractivity contribution in [2.24, 2.45) is 5.92 Å². The van der Waals surface area contributed by atoms with Crippen molar-refractivity contribution in [2.45, 2.75) is 25.2 Å². The molecule has 2 aromatic rings. The largest absolute Gasteiger partial charge is 0.481 e. The summed E-state index contributed by atoms with van der Waals surface area (Å²) in [5, 5.41) is 9.05. The summed E-state index contributed by atoms with van der Waals surface area (Å²) in [5.41, 5.74) is 3.54. The predicted molar refractivity (Wildman–Crippen MR) is 79.6 cm³/mol. The highest BCUT2D eigenvalue weighted by Gasteiger charge is 2.33. The van der Waals surface area contributed by atoms with E-state index in [9.17, 15) is 4.79 Å². The second-order valence-electron chi connectivity index (χ2n) is 5.53. The van der Waals surface area contributed by atoms with Gasteiger partial charge in [0.1, 0.15) is 0 Å². The summed E-state index contributed by atoms with van der Waals surface area (Å²) < 4.78 is 0. The van der Waals surface area contributed by atoms with Crippen LogP contribution in [0.2, 0.25) is 0 Å². The molecule has 2 nitrogen and oxygen atoms in total. The van der Waals surface area contributed by atoms with Gasteiger partial charge in [0, 0.05) is 0 Å². The van der Waals surface area contributed by atoms with Crippen molar-refractivity contribution < 1.29 is 9.90 Å². The molecule has 1 aliphatic rings. The molecule has 0 radical (unpaired) electrons. The fraction of sp³-hybridized carbons (Fsp3) is 0.278. The lowest BCUT2D eigenvalue weighted by atomic mass is 9.90. The van der Waals surface area contributed by atoms with E-state index >= 15 is 0 Å². The molecule has 2 heteroatoms. The summed E-state index contributed by atoms with van der Waals surface area (Å²) in [4.78, 5) is 11.0. The third-order valence-corrected chi connectivity index (χ3v) is 4.03. The zero-order chi connectivity index (χ0) is 13.9. The van der Waals surface area contributed by atoms with Crippen LogP contribution in [0.4, 0.5) is 0 Å². The second kappa shape index (κ2) is 5.49. The van der Waals surface area contributed by atoms with Gasteiger partial charge in [0.2, 0.25) is 0 Å². The average Bonchev–Trinajstić information content (AvgIpc) is 3.30. The van der Waals surface area contributed by atoms with Gasteiger partial charge in [-0.05, 0) is 41.4 Å². The maximum Gasteiger partial charge on any atom is 0.303 e. The van der Waals surface area contributed by atoms with Gasteiger partial charge in [-0.15, -0.1) is 0 Å². The minimum atomic E-state index is -0.700. The van der Waals surface area contributed by atoms with Crippen LogP contribution in [-0.4, -0.2) is 11.1 Å². The summed E-state index contributed by atoms with van der Waals surface area (Å²) >= 11 is 0. The van der Waals surface area contributed by atoms with Crippen molar-refractivity contribution in [2.75, 3.05) is 0 Å². The van der Waals surface area contributed by atoms with E-state index in [0.717, 1.165) is 5.56 Å². The van der Waals surface area contributed by atoms with E-state index < -0.39 is 5.97 Å². The number of rotatable bonds is 5. The number of carboxylic acids is 1. The normalized spacial score (nSPS) is 15.8. The Morgan fingerprint density at radius 3 is 2.15 bits per heavy atom. The first-order valence-electron chi connectivity index (χ1n) is 7.11. The Balaban J connectivity index is 1.83. The molecular weight excluding hydrogens is 248 g/mol. The third kappa shape index (κ3) is 2.90. The fourth-order valence-corrected chi connectivity index (χ4v) is 2.80. The van der Waals surface area contributed by atoms with Crippen molar-refractivity contribution in [1.29, 1.82) is 0 Å². The van der Waals surface area contributed by atoms with Crippen molar-refractivity contribution in [3.8, 4) is 11.1 Å². The number of carboxylic acid groups (broad SMARTS) is 1. The van der Waals surface area contributed by atoms with Crippen LogP contribution in [-0.2, 0) is 4.79 Å². The fourth-order valence-electron chi connectivity index (χ4n) is 2.80. The van der Waals surface area contributed by atoms with Crippen LogP contribution in [0.25, 0.3) is 11.1 Å². The first-order valence-corrected chi connectivity index (χ1v) is 7.11. The lowest BCUT2D eigenvalue weighted by Gasteiger charge is -2.15. The lowest BCUT2D eigenvalue weighted by molar-refractivity contribution is -0.137. The second-order valence-corrected chi connectivity index (χ2v) is 5.53. The molecule has 0 bridgehead atoms. The monoisotopic (exact) mass is 266 g/mol. The molecule has 1 N–H and O–H groups in total. The number of hydrogen-bond donors (Lipinski definition) is 1. The first kappa shape index (κ1) is 12.9. The van der Waals surface area contributed by atoms with Crippen LogP contribution in [0.5, 0.6) is 0 Å². The standard InChI is InChI=1S/C18H18O2/c19-18(20)12-17(16-10-11-16)15-8-6-14(7-9-15)13-4-2-1-3-5-13/h1-9,16-17H,10-12H2,(H,19,20). The molecule has 3 rings (SSSR count). The number of benzene rings is 2. The Bertz CT molecular complexity index is 583. The van der Waals surface area contributed by atoms with Crippen LogP contribution in [0.15, 0.2) is 54.6 Å². The third-order valence-electron chi connectivity index (χ3n) is 4.03. The highest BCUT2D eigenvalue weighted by Crippen LogP contribution is 2.44. The minimum Gasteiger partial charge on any atom is -0.481 e. The number of carbonyl (C=O) groups is 1. The Hall–Kier alpha value is -2.09. The molecule has 1 saturated carbocycles. The van der Waals surface area contributed by atoms with Gasteiger partial charge >= 0.3 is 5.97 Å². The molecule has 0 heterocycles. The maximum atomic E-state index is 11.0. The Morgan fingerprint density at radius 1 is 1.00 bits per heavy atom. The molecule has 2 aromatic carbocycles. The van der Waals surface area contributed by atoms with Crippen LogP contribution < -0.4 is 0 Å². The zero-order valence-corrected chi connectivity index (χ0v) is 11.3. The molecule has 1 fully saturated rings. The Labute approximate surface area is 119 Å².